The number of rotatable bonds is 2. The molecule has 10 heteroatoms. The quantitative estimate of drug-likeness (QED) is 0.634. The van der Waals surface area contributed by atoms with E-state index in [-0.39, 0.29) is 18.7 Å². The van der Waals surface area contributed by atoms with Crippen LogP contribution in [0.15, 0.2) is 55.0 Å². The molecule has 3 amide bonds. The van der Waals surface area contributed by atoms with Gasteiger partial charge in [-0.05, 0) is 37.1 Å². The number of benzene rings is 1. The highest BCUT2D eigenvalue weighted by molar-refractivity contribution is 6.23. The lowest BCUT2D eigenvalue weighted by Gasteiger charge is -2.38. The van der Waals surface area contributed by atoms with Gasteiger partial charge in [-0.2, -0.15) is 13.2 Å². The van der Waals surface area contributed by atoms with Crippen LogP contribution in [0.1, 0.15) is 18.4 Å². The van der Waals surface area contributed by atoms with Gasteiger partial charge in [-0.1, -0.05) is 18.2 Å². The van der Waals surface area contributed by atoms with Crippen molar-refractivity contribution in [2.24, 2.45) is 0 Å². The molecule has 7 nitrogen and oxygen atoms in total. The summed E-state index contributed by atoms with van der Waals surface area (Å²) < 4.78 is 41.7. The van der Waals surface area contributed by atoms with Crippen molar-refractivity contribution in [2.75, 3.05) is 22.9 Å². The van der Waals surface area contributed by atoms with E-state index in [4.69, 9.17) is 0 Å². The number of amides is 3. The number of anilines is 2. The number of carbonyl (C=O) groups excluding carboxylic acids is 2. The molecule has 2 saturated heterocycles. The van der Waals surface area contributed by atoms with Crippen molar-refractivity contribution < 1.29 is 22.8 Å². The van der Waals surface area contributed by atoms with Crippen molar-refractivity contribution in [3.63, 3.8) is 0 Å². The van der Waals surface area contributed by atoms with Gasteiger partial charge in [0.1, 0.15) is 17.7 Å². The Morgan fingerprint density at radius 2 is 1.74 bits per heavy atom. The average molecular weight is 429 g/mol. The lowest BCUT2D eigenvalue weighted by atomic mass is 9.87. The molecule has 0 bridgehead atoms. The number of para-hydroxylation sites is 1. The van der Waals surface area contributed by atoms with Gasteiger partial charge in [0.2, 0.25) is 0 Å². The van der Waals surface area contributed by atoms with Gasteiger partial charge in [-0.15, -0.1) is 0 Å². The summed E-state index contributed by atoms with van der Waals surface area (Å²) in [4.78, 5) is 32.6. The Balaban J connectivity index is 1.42. The maximum absolute atomic E-state index is 13.4. The molecule has 2 fully saturated rings. The van der Waals surface area contributed by atoms with Gasteiger partial charge in [0.15, 0.2) is 0 Å². The van der Waals surface area contributed by atoms with Crippen LogP contribution in [0.4, 0.5) is 29.5 Å². The van der Waals surface area contributed by atoms with Gasteiger partial charge in [-0.3, -0.25) is 9.20 Å². The second kappa shape index (κ2) is 6.73. The maximum Gasteiger partial charge on any atom is 0.416 e. The van der Waals surface area contributed by atoms with Crippen molar-refractivity contribution in [3.05, 3.63) is 60.6 Å². The molecule has 0 unspecified atom stereocenters. The number of alkyl halides is 3. The number of nitrogens with zero attached hydrogens (tertiary/aromatic N) is 4. The monoisotopic (exact) mass is 429 g/mol. The summed E-state index contributed by atoms with van der Waals surface area (Å²) in [5.74, 6) is 0.0223. The fourth-order valence-corrected chi connectivity index (χ4v) is 4.31. The molecule has 4 heterocycles. The first kappa shape index (κ1) is 19.4. The molecule has 0 atom stereocenters. The van der Waals surface area contributed by atoms with Crippen molar-refractivity contribution in [1.29, 1.82) is 0 Å². The van der Waals surface area contributed by atoms with Crippen LogP contribution in [0.5, 0.6) is 0 Å². The molecule has 31 heavy (non-hydrogen) atoms. The van der Waals surface area contributed by atoms with E-state index < -0.39 is 23.3 Å². The molecule has 2 aliphatic rings. The van der Waals surface area contributed by atoms with E-state index in [9.17, 15) is 22.8 Å². The molecule has 0 radical (unpaired) electrons. The summed E-state index contributed by atoms with van der Waals surface area (Å²) >= 11 is 0. The third-order valence-electron chi connectivity index (χ3n) is 5.95. The van der Waals surface area contributed by atoms with Crippen molar-refractivity contribution >= 4 is 29.0 Å². The number of urea groups is 1. The van der Waals surface area contributed by atoms with Crippen LogP contribution in [-0.4, -0.2) is 40.0 Å². The molecule has 160 valence electrons. The van der Waals surface area contributed by atoms with E-state index in [0.717, 1.165) is 17.0 Å². The third-order valence-corrected chi connectivity index (χ3v) is 5.95. The number of pyridine rings is 1. The van der Waals surface area contributed by atoms with Crippen LogP contribution in [0.2, 0.25) is 0 Å². The third kappa shape index (κ3) is 3.09. The first-order chi connectivity index (χ1) is 14.8. The number of fused-ring (bicyclic) bond motifs is 1. The second-order valence-electron chi connectivity index (χ2n) is 7.76. The molecule has 0 saturated carbocycles. The molecule has 1 spiro atoms. The van der Waals surface area contributed by atoms with E-state index in [1.807, 2.05) is 0 Å². The number of imidazole rings is 1. The van der Waals surface area contributed by atoms with Crippen molar-refractivity contribution in [3.8, 4) is 0 Å². The Kier molecular flexibility index (Phi) is 4.21. The minimum Gasteiger partial charge on any atom is -0.357 e. The molecule has 5 rings (SSSR count). The average Bonchev–Trinajstić information content (AvgIpc) is 3.31. The van der Waals surface area contributed by atoms with Gasteiger partial charge in [0.05, 0.1) is 23.0 Å². The van der Waals surface area contributed by atoms with Crippen LogP contribution >= 0.6 is 0 Å². The van der Waals surface area contributed by atoms with E-state index in [1.54, 1.807) is 39.6 Å². The lowest BCUT2D eigenvalue weighted by Crippen LogP contribution is -2.55. The fraction of sp³-hybridized carbons (Fsp3) is 0.286. The van der Waals surface area contributed by atoms with E-state index in [2.05, 4.69) is 10.3 Å². The van der Waals surface area contributed by atoms with E-state index >= 15 is 0 Å². The number of halogens is 3. The summed E-state index contributed by atoms with van der Waals surface area (Å²) in [5.41, 5.74) is -0.983. The number of hydrogen-bond acceptors (Lipinski definition) is 4. The Labute approximate surface area is 175 Å². The summed E-state index contributed by atoms with van der Waals surface area (Å²) in [7, 11) is 0. The zero-order chi connectivity index (χ0) is 21.8. The standard InChI is InChI=1S/C21H18F3N5O2/c22-21(23,24)14-10-16-12-25-13-28(16)17(11-14)27-8-6-20(7-9-27)18(30)29(19(31)26-20)15-4-2-1-3-5-15/h1-5,10-13H,6-9H2,(H,26,31). The molecule has 0 aliphatic carbocycles. The van der Waals surface area contributed by atoms with Crippen LogP contribution in [-0.2, 0) is 11.0 Å². The fourth-order valence-electron chi connectivity index (χ4n) is 4.31. The largest absolute Gasteiger partial charge is 0.416 e. The number of aromatic nitrogens is 2. The van der Waals surface area contributed by atoms with Gasteiger partial charge < -0.3 is 10.2 Å². The maximum atomic E-state index is 13.4. The number of imide groups is 1. The van der Waals surface area contributed by atoms with E-state index in [0.29, 0.717) is 30.1 Å². The highest BCUT2D eigenvalue weighted by Gasteiger charge is 2.53. The molecular weight excluding hydrogens is 411 g/mol. The summed E-state index contributed by atoms with van der Waals surface area (Å²) in [6.07, 6.45) is -1.07. The van der Waals surface area contributed by atoms with Gasteiger partial charge >= 0.3 is 12.2 Å². The smallest absolute Gasteiger partial charge is 0.357 e. The molecule has 2 aromatic heterocycles. The topological polar surface area (TPSA) is 70.0 Å². The minimum absolute atomic E-state index is 0.285. The molecule has 1 N–H and O–H groups in total. The van der Waals surface area contributed by atoms with Crippen molar-refractivity contribution in [1.82, 2.24) is 14.7 Å². The highest BCUT2D eigenvalue weighted by Crippen LogP contribution is 2.37. The number of piperidine rings is 1. The van der Waals surface area contributed by atoms with Crippen molar-refractivity contribution in [2.45, 2.75) is 24.6 Å². The van der Waals surface area contributed by atoms with Gasteiger partial charge in [0, 0.05) is 13.1 Å². The normalized spacial score (nSPS) is 18.8. The van der Waals surface area contributed by atoms with Crippen LogP contribution in [0, 0.1) is 0 Å². The molecule has 1 aromatic carbocycles. The molecular formula is C21H18F3N5O2. The minimum atomic E-state index is -4.48. The lowest BCUT2D eigenvalue weighted by molar-refractivity contribution is -0.137. The SMILES string of the molecule is O=C1NC2(CCN(c3cc(C(F)(F)F)cc4cncn34)CC2)C(=O)N1c1ccccc1. The van der Waals surface area contributed by atoms with Crippen LogP contribution in [0.3, 0.4) is 0 Å². The van der Waals surface area contributed by atoms with Crippen LogP contribution in [0.25, 0.3) is 5.52 Å². The summed E-state index contributed by atoms with van der Waals surface area (Å²) in [5, 5.41) is 2.82. The second-order valence-corrected chi connectivity index (χ2v) is 7.76. The first-order valence-electron chi connectivity index (χ1n) is 9.79. The summed E-state index contributed by atoms with van der Waals surface area (Å²) in [6.45, 7) is 0.618. The van der Waals surface area contributed by atoms with Gasteiger partial charge in [0.25, 0.3) is 5.91 Å². The predicted molar refractivity (Wildman–Crippen MR) is 107 cm³/mol. The Morgan fingerprint density at radius 3 is 2.42 bits per heavy atom. The van der Waals surface area contributed by atoms with Crippen LogP contribution < -0.4 is 15.1 Å². The number of carbonyl (C=O) groups is 2. The Bertz CT molecular complexity index is 1170. The van der Waals surface area contributed by atoms with Gasteiger partial charge in [-0.25, -0.2) is 14.7 Å². The summed E-state index contributed by atoms with van der Waals surface area (Å²) in [6, 6.07) is 10.3. The molecule has 2 aliphatic heterocycles. The highest BCUT2D eigenvalue weighted by atomic mass is 19.4. The first-order valence-corrected chi connectivity index (χ1v) is 9.79. The Morgan fingerprint density at radius 1 is 1.03 bits per heavy atom. The predicted octanol–water partition coefficient (Wildman–Crippen LogP) is 3.45. The van der Waals surface area contributed by atoms with E-state index in [1.165, 1.54) is 12.5 Å². The zero-order valence-corrected chi connectivity index (χ0v) is 16.3. The number of nitrogens with one attached hydrogen (secondary N) is 1. The Hall–Kier alpha value is -3.56. The molecule has 3 aromatic rings. The number of hydrogen-bond donors (Lipinski definition) is 1. The zero-order valence-electron chi connectivity index (χ0n) is 16.3.